The highest BCUT2D eigenvalue weighted by Crippen LogP contribution is 2.34. The average molecular weight is 330 g/mol. The molecule has 1 aromatic rings. The average Bonchev–Trinajstić information content (AvgIpc) is 2.53. The molecule has 0 unspecified atom stereocenters. The Kier molecular flexibility index (Phi) is 5.87. The molecule has 1 aliphatic heterocycles. The number of ether oxygens (including phenoxy) is 1. The molecule has 1 heterocycles. The van der Waals surface area contributed by atoms with Crippen molar-refractivity contribution in [1.29, 1.82) is 0 Å². The Morgan fingerprint density at radius 2 is 2.09 bits per heavy atom. The van der Waals surface area contributed by atoms with Gasteiger partial charge in [-0.2, -0.15) is 13.2 Å². The van der Waals surface area contributed by atoms with Crippen molar-refractivity contribution in [3.05, 3.63) is 29.8 Å². The minimum Gasteiger partial charge on any atom is -0.378 e. The zero-order valence-corrected chi connectivity index (χ0v) is 13.0. The van der Waals surface area contributed by atoms with Gasteiger partial charge >= 0.3 is 12.2 Å². The molecule has 0 spiro atoms. The van der Waals surface area contributed by atoms with E-state index >= 15 is 0 Å². The first-order valence-corrected chi connectivity index (χ1v) is 7.68. The van der Waals surface area contributed by atoms with Crippen molar-refractivity contribution in [2.45, 2.75) is 38.0 Å². The molecule has 0 aliphatic carbocycles. The lowest BCUT2D eigenvalue weighted by molar-refractivity contribution is -0.136. The molecule has 0 bridgehead atoms. The van der Waals surface area contributed by atoms with Crippen LogP contribution in [0, 0.1) is 0 Å². The monoisotopic (exact) mass is 330 g/mol. The number of nitrogens with zero attached hydrogens (tertiary/aromatic N) is 1. The third-order valence-corrected chi connectivity index (χ3v) is 3.88. The molecule has 128 valence electrons. The zero-order valence-electron chi connectivity index (χ0n) is 13.0. The van der Waals surface area contributed by atoms with Crippen LogP contribution in [-0.2, 0) is 10.9 Å². The summed E-state index contributed by atoms with van der Waals surface area (Å²) in [6.45, 7) is 1.17. The highest BCUT2D eigenvalue weighted by atomic mass is 19.4. The molecule has 7 heteroatoms. The van der Waals surface area contributed by atoms with Crippen LogP contribution < -0.4 is 5.32 Å². The van der Waals surface area contributed by atoms with Crippen molar-refractivity contribution < 1.29 is 22.7 Å². The van der Waals surface area contributed by atoms with Gasteiger partial charge in [-0.15, -0.1) is 0 Å². The van der Waals surface area contributed by atoms with Gasteiger partial charge in [0.2, 0.25) is 0 Å². The number of rotatable bonds is 4. The van der Waals surface area contributed by atoms with Crippen LogP contribution in [0.1, 0.15) is 31.2 Å². The highest BCUT2D eigenvalue weighted by Gasteiger charge is 2.33. The van der Waals surface area contributed by atoms with Gasteiger partial charge in [0.15, 0.2) is 0 Å². The molecule has 1 saturated heterocycles. The van der Waals surface area contributed by atoms with Crippen LogP contribution in [0.5, 0.6) is 0 Å². The summed E-state index contributed by atoms with van der Waals surface area (Å²) in [6, 6.07) is 4.39. The minimum absolute atomic E-state index is 0.126. The Morgan fingerprint density at radius 1 is 1.35 bits per heavy atom. The number of hydrogen-bond acceptors (Lipinski definition) is 2. The normalized spacial score (nSPS) is 18.5. The van der Waals surface area contributed by atoms with E-state index in [9.17, 15) is 18.0 Å². The number of hydrogen-bond donors (Lipinski definition) is 1. The molecule has 1 atom stereocenters. The number of urea groups is 1. The van der Waals surface area contributed by atoms with Crippen LogP contribution >= 0.6 is 0 Å². The highest BCUT2D eigenvalue weighted by molar-refractivity contribution is 5.90. The van der Waals surface area contributed by atoms with E-state index in [0.717, 1.165) is 31.9 Å². The number of amides is 2. The Balaban J connectivity index is 1.91. The third-order valence-electron chi connectivity index (χ3n) is 3.88. The van der Waals surface area contributed by atoms with Gasteiger partial charge in [-0.25, -0.2) is 4.79 Å². The van der Waals surface area contributed by atoms with Gasteiger partial charge < -0.3 is 15.0 Å². The number of anilines is 1. The molecule has 4 nitrogen and oxygen atoms in total. The Bertz CT molecular complexity index is 528. The third kappa shape index (κ3) is 5.13. The summed E-state index contributed by atoms with van der Waals surface area (Å²) in [5, 5.41) is 2.33. The van der Waals surface area contributed by atoms with E-state index in [2.05, 4.69) is 5.32 Å². The maximum absolute atomic E-state index is 12.9. The Labute approximate surface area is 133 Å². The standard InChI is InChI=1S/C16H21F3N2O2/c1-21(10-9-12-6-4-5-11-23-12)15(22)20-14-8-3-2-7-13(14)16(17,18)19/h2-3,7-8,12H,4-6,9-11H2,1H3,(H,20,22)/t12-/m1/s1. The van der Waals surface area contributed by atoms with Crippen molar-refractivity contribution >= 4 is 11.7 Å². The first-order chi connectivity index (χ1) is 10.9. The van der Waals surface area contributed by atoms with Crippen molar-refractivity contribution in [3.63, 3.8) is 0 Å². The molecular formula is C16H21F3N2O2. The van der Waals surface area contributed by atoms with Gasteiger partial charge in [-0.05, 0) is 37.8 Å². The summed E-state index contributed by atoms with van der Waals surface area (Å²) >= 11 is 0. The van der Waals surface area contributed by atoms with Crippen molar-refractivity contribution in [2.24, 2.45) is 0 Å². The number of carbonyl (C=O) groups excluding carboxylic acids is 1. The fourth-order valence-corrected chi connectivity index (χ4v) is 2.52. The Morgan fingerprint density at radius 3 is 2.74 bits per heavy atom. The molecule has 1 fully saturated rings. The van der Waals surface area contributed by atoms with Crippen molar-refractivity contribution in [2.75, 3.05) is 25.5 Å². The lowest BCUT2D eigenvalue weighted by Gasteiger charge is -2.25. The second-order valence-corrected chi connectivity index (χ2v) is 5.67. The van der Waals surface area contributed by atoms with Crippen molar-refractivity contribution in [3.8, 4) is 0 Å². The Hall–Kier alpha value is -1.76. The van der Waals surface area contributed by atoms with Crippen LogP contribution in [0.2, 0.25) is 0 Å². The van der Waals surface area contributed by atoms with Crippen LogP contribution in [0.4, 0.5) is 23.7 Å². The summed E-state index contributed by atoms with van der Waals surface area (Å²) in [6.07, 6.45) is -0.558. The topological polar surface area (TPSA) is 41.6 Å². The summed E-state index contributed by atoms with van der Waals surface area (Å²) in [4.78, 5) is 13.5. The van der Waals surface area contributed by atoms with Gasteiger partial charge in [0.05, 0.1) is 17.4 Å². The molecule has 2 amide bonds. The molecule has 1 N–H and O–H groups in total. The van der Waals surface area contributed by atoms with E-state index in [1.165, 1.54) is 23.1 Å². The fourth-order valence-electron chi connectivity index (χ4n) is 2.52. The second kappa shape index (κ2) is 7.68. The first kappa shape index (κ1) is 17.6. The molecule has 2 rings (SSSR count). The number of carbonyl (C=O) groups is 1. The van der Waals surface area contributed by atoms with Gasteiger partial charge in [0.1, 0.15) is 0 Å². The van der Waals surface area contributed by atoms with Crippen LogP contribution in [-0.4, -0.2) is 37.2 Å². The smallest absolute Gasteiger partial charge is 0.378 e. The van der Waals surface area contributed by atoms with E-state index in [1.807, 2.05) is 0 Å². The second-order valence-electron chi connectivity index (χ2n) is 5.67. The summed E-state index contributed by atoms with van der Waals surface area (Å²) in [7, 11) is 1.56. The van der Waals surface area contributed by atoms with Crippen molar-refractivity contribution in [1.82, 2.24) is 4.90 Å². The van der Waals surface area contributed by atoms with Gasteiger partial charge in [-0.1, -0.05) is 12.1 Å². The van der Waals surface area contributed by atoms with E-state index in [1.54, 1.807) is 7.05 Å². The molecule has 23 heavy (non-hydrogen) atoms. The predicted octanol–water partition coefficient (Wildman–Crippen LogP) is 4.13. The largest absolute Gasteiger partial charge is 0.418 e. The van der Waals surface area contributed by atoms with Gasteiger partial charge in [-0.3, -0.25) is 0 Å². The van der Waals surface area contributed by atoms with E-state index in [4.69, 9.17) is 4.74 Å². The molecule has 1 aromatic carbocycles. The molecule has 0 aromatic heterocycles. The number of para-hydroxylation sites is 1. The quantitative estimate of drug-likeness (QED) is 0.902. The van der Waals surface area contributed by atoms with Crippen LogP contribution in [0.3, 0.4) is 0 Å². The van der Waals surface area contributed by atoms with E-state index in [-0.39, 0.29) is 11.8 Å². The van der Waals surface area contributed by atoms with Gasteiger partial charge in [0, 0.05) is 20.2 Å². The molecule has 1 aliphatic rings. The lowest BCUT2D eigenvalue weighted by Crippen LogP contribution is -2.35. The fraction of sp³-hybridized carbons (Fsp3) is 0.562. The lowest BCUT2D eigenvalue weighted by atomic mass is 10.1. The summed E-state index contributed by atoms with van der Waals surface area (Å²) in [5.41, 5.74) is -1.08. The SMILES string of the molecule is CN(CC[C@H]1CCCCO1)C(=O)Nc1ccccc1C(F)(F)F. The summed E-state index contributed by atoms with van der Waals surface area (Å²) in [5.74, 6) is 0. The van der Waals surface area contributed by atoms with Crippen LogP contribution in [0.15, 0.2) is 24.3 Å². The molecule has 0 radical (unpaired) electrons. The van der Waals surface area contributed by atoms with Gasteiger partial charge in [0.25, 0.3) is 0 Å². The predicted molar refractivity (Wildman–Crippen MR) is 81.3 cm³/mol. The number of benzene rings is 1. The molecule has 0 saturated carbocycles. The maximum atomic E-state index is 12.9. The number of alkyl halides is 3. The number of halogens is 3. The van der Waals surface area contributed by atoms with E-state index < -0.39 is 17.8 Å². The van der Waals surface area contributed by atoms with E-state index in [0.29, 0.717) is 13.0 Å². The minimum atomic E-state index is -4.50. The first-order valence-electron chi connectivity index (χ1n) is 7.68. The maximum Gasteiger partial charge on any atom is 0.418 e. The van der Waals surface area contributed by atoms with Crippen LogP contribution in [0.25, 0.3) is 0 Å². The summed E-state index contributed by atoms with van der Waals surface area (Å²) < 4.78 is 44.3. The number of nitrogens with one attached hydrogen (secondary N) is 1. The molecular weight excluding hydrogens is 309 g/mol. The zero-order chi connectivity index (χ0) is 16.9.